The lowest BCUT2D eigenvalue weighted by Gasteiger charge is -2.29. The third-order valence-electron chi connectivity index (χ3n) is 3.45. The molecule has 2 nitrogen and oxygen atoms in total. The number of hydrogen-bond acceptors (Lipinski definition) is 1. The summed E-state index contributed by atoms with van der Waals surface area (Å²) >= 11 is 5.89. The van der Waals surface area contributed by atoms with E-state index in [1.807, 2.05) is 44.2 Å². The molecule has 1 aromatic carbocycles. The first kappa shape index (κ1) is 16.0. The first-order valence-electron chi connectivity index (χ1n) is 6.84. The molecule has 0 saturated heterocycles. The molecule has 2 atom stereocenters. The molecule has 0 bridgehead atoms. The van der Waals surface area contributed by atoms with E-state index in [0.717, 1.165) is 12.0 Å². The number of carbonyl (C=O) groups excluding carboxylic acids is 1. The van der Waals surface area contributed by atoms with Crippen LogP contribution in [0, 0.1) is 5.92 Å². The van der Waals surface area contributed by atoms with E-state index in [-0.39, 0.29) is 17.4 Å². The zero-order valence-corrected chi connectivity index (χ0v) is 13.0. The molecule has 0 saturated carbocycles. The molecule has 3 heteroatoms. The predicted molar refractivity (Wildman–Crippen MR) is 81.6 cm³/mol. The van der Waals surface area contributed by atoms with Gasteiger partial charge in [-0.2, -0.15) is 0 Å². The van der Waals surface area contributed by atoms with Crippen molar-refractivity contribution in [3.8, 4) is 0 Å². The van der Waals surface area contributed by atoms with Gasteiger partial charge in [0.15, 0.2) is 0 Å². The Morgan fingerprint density at radius 1 is 1.32 bits per heavy atom. The summed E-state index contributed by atoms with van der Waals surface area (Å²) in [6.07, 6.45) is 0.967. The van der Waals surface area contributed by atoms with Crippen molar-refractivity contribution in [1.29, 1.82) is 0 Å². The predicted octanol–water partition coefficient (Wildman–Crippen LogP) is 3.95. The van der Waals surface area contributed by atoms with Gasteiger partial charge in [0.05, 0.1) is 5.92 Å². The zero-order valence-electron chi connectivity index (χ0n) is 12.2. The maximum Gasteiger partial charge on any atom is 0.228 e. The minimum Gasteiger partial charge on any atom is -0.349 e. The Morgan fingerprint density at radius 3 is 2.37 bits per heavy atom. The van der Waals surface area contributed by atoms with E-state index in [4.69, 9.17) is 11.6 Å². The lowest BCUT2D eigenvalue weighted by atomic mass is 9.84. The number of hydrogen-bond donors (Lipinski definition) is 1. The van der Waals surface area contributed by atoms with Crippen LogP contribution in [0.25, 0.3) is 0 Å². The standard InChI is InChI=1S/C16H24ClNO/c1-5-12(2)14(13-9-7-6-8-10-13)15(19)18-16(3,4)11-17/h6-10,12,14H,5,11H2,1-4H3,(H,18,19). The van der Waals surface area contributed by atoms with Gasteiger partial charge in [-0.15, -0.1) is 11.6 Å². The SMILES string of the molecule is CCC(C)C(C(=O)NC(C)(C)CCl)c1ccccc1. The van der Waals surface area contributed by atoms with Crippen LogP contribution in [0.4, 0.5) is 0 Å². The summed E-state index contributed by atoms with van der Waals surface area (Å²) in [7, 11) is 0. The Hall–Kier alpha value is -1.02. The molecule has 1 N–H and O–H groups in total. The summed E-state index contributed by atoms with van der Waals surface area (Å²) in [5.41, 5.74) is 0.693. The Bertz CT molecular complexity index is 402. The fourth-order valence-electron chi connectivity index (χ4n) is 2.08. The molecule has 0 aliphatic heterocycles. The highest BCUT2D eigenvalue weighted by atomic mass is 35.5. The second kappa shape index (κ2) is 6.95. The average molecular weight is 282 g/mol. The van der Waals surface area contributed by atoms with Crippen molar-refractivity contribution in [3.63, 3.8) is 0 Å². The van der Waals surface area contributed by atoms with Gasteiger partial charge in [-0.1, -0.05) is 50.6 Å². The fourth-order valence-corrected chi connectivity index (χ4v) is 2.15. The van der Waals surface area contributed by atoms with Crippen LogP contribution in [0.15, 0.2) is 30.3 Å². The molecule has 0 aliphatic carbocycles. The van der Waals surface area contributed by atoms with E-state index in [0.29, 0.717) is 11.8 Å². The van der Waals surface area contributed by atoms with Gasteiger partial charge in [0.25, 0.3) is 0 Å². The molecule has 1 aromatic rings. The maximum atomic E-state index is 12.5. The smallest absolute Gasteiger partial charge is 0.228 e. The largest absolute Gasteiger partial charge is 0.349 e. The second-order valence-electron chi connectivity index (χ2n) is 5.78. The van der Waals surface area contributed by atoms with Gasteiger partial charge in [-0.05, 0) is 25.3 Å². The van der Waals surface area contributed by atoms with Crippen LogP contribution in [0.5, 0.6) is 0 Å². The van der Waals surface area contributed by atoms with E-state index in [2.05, 4.69) is 19.2 Å². The van der Waals surface area contributed by atoms with Crippen molar-refractivity contribution in [2.75, 3.05) is 5.88 Å². The van der Waals surface area contributed by atoms with Crippen molar-refractivity contribution < 1.29 is 4.79 Å². The summed E-state index contributed by atoms with van der Waals surface area (Å²) in [4.78, 5) is 12.5. The monoisotopic (exact) mass is 281 g/mol. The lowest BCUT2D eigenvalue weighted by Crippen LogP contribution is -2.47. The second-order valence-corrected chi connectivity index (χ2v) is 6.05. The van der Waals surface area contributed by atoms with Crippen molar-refractivity contribution in [2.24, 2.45) is 5.92 Å². The number of amides is 1. The number of nitrogens with one attached hydrogen (secondary N) is 1. The van der Waals surface area contributed by atoms with Crippen LogP contribution < -0.4 is 5.32 Å². The molecule has 0 spiro atoms. The van der Waals surface area contributed by atoms with Crippen LogP contribution in [0.3, 0.4) is 0 Å². The van der Waals surface area contributed by atoms with Gasteiger partial charge in [0.2, 0.25) is 5.91 Å². The molecule has 0 aromatic heterocycles. The molecule has 0 heterocycles. The minimum absolute atomic E-state index is 0.0613. The Kier molecular flexibility index (Phi) is 5.86. The van der Waals surface area contributed by atoms with E-state index in [1.54, 1.807) is 0 Å². The number of benzene rings is 1. The Morgan fingerprint density at radius 2 is 1.89 bits per heavy atom. The van der Waals surface area contributed by atoms with Crippen LogP contribution in [0.2, 0.25) is 0 Å². The normalized spacial score (nSPS) is 14.8. The molecule has 0 radical (unpaired) electrons. The first-order valence-corrected chi connectivity index (χ1v) is 7.37. The molecule has 0 aliphatic rings. The summed E-state index contributed by atoms with van der Waals surface area (Å²) < 4.78 is 0. The quantitative estimate of drug-likeness (QED) is 0.786. The Balaban J connectivity index is 2.96. The highest BCUT2D eigenvalue weighted by Gasteiger charge is 2.29. The highest BCUT2D eigenvalue weighted by molar-refractivity contribution is 6.18. The van der Waals surface area contributed by atoms with Crippen LogP contribution in [0.1, 0.15) is 45.6 Å². The topological polar surface area (TPSA) is 29.1 Å². The van der Waals surface area contributed by atoms with E-state index >= 15 is 0 Å². The van der Waals surface area contributed by atoms with Gasteiger partial charge < -0.3 is 5.32 Å². The third kappa shape index (κ3) is 4.54. The summed E-state index contributed by atoms with van der Waals surface area (Å²) in [5, 5.41) is 3.05. The Labute approximate surface area is 121 Å². The maximum absolute atomic E-state index is 12.5. The van der Waals surface area contributed by atoms with Crippen molar-refractivity contribution >= 4 is 17.5 Å². The van der Waals surface area contributed by atoms with Gasteiger partial charge in [0.1, 0.15) is 0 Å². The summed E-state index contributed by atoms with van der Waals surface area (Å²) in [6.45, 7) is 8.11. The molecule has 1 amide bonds. The molecule has 106 valence electrons. The zero-order chi connectivity index (χ0) is 14.5. The van der Waals surface area contributed by atoms with Gasteiger partial charge >= 0.3 is 0 Å². The number of carbonyl (C=O) groups is 1. The lowest BCUT2D eigenvalue weighted by molar-refractivity contribution is -0.125. The van der Waals surface area contributed by atoms with Crippen molar-refractivity contribution in [3.05, 3.63) is 35.9 Å². The number of alkyl halides is 1. The molecule has 0 fully saturated rings. The molecule has 19 heavy (non-hydrogen) atoms. The van der Waals surface area contributed by atoms with E-state index in [9.17, 15) is 4.79 Å². The average Bonchev–Trinajstić information content (AvgIpc) is 2.39. The van der Waals surface area contributed by atoms with Crippen LogP contribution in [-0.2, 0) is 4.79 Å². The van der Waals surface area contributed by atoms with Crippen molar-refractivity contribution in [1.82, 2.24) is 5.32 Å². The number of rotatable bonds is 6. The van der Waals surface area contributed by atoms with Crippen LogP contribution in [-0.4, -0.2) is 17.3 Å². The van der Waals surface area contributed by atoms with E-state index in [1.165, 1.54) is 0 Å². The van der Waals surface area contributed by atoms with Gasteiger partial charge in [-0.3, -0.25) is 4.79 Å². The van der Waals surface area contributed by atoms with Gasteiger partial charge in [0, 0.05) is 11.4 Å². The molecule has 1 rings (SSSR count). The molecular formula is C16H24ClNO. The minimum atomic E-state index is -0.376. The van der Waals surface area contributed by atoms with E-state index < -0.39 is 0 Å². The molecule has 2 unspecified atom stereocenters. The van der Waals surface area contributed by atoms with Crippen LogP contribution >= 0.6 is 11.6 Å². The number of halogens is 1. The first-order chi connectivity index (χ1) is 8.91. The van der Waals surface area contributed by atoms with Crippen molar-refractivity contribution in [2.45, 2.75) is 45.6 Å². The third-order valence-corrected chi connectivity index (χ3v) is 4.12. The molecular weight excluding hydrogens is 258 g/mol. The highest BCUT2D eigenvalue weighted by Crippen LogP contribution is 2.27. The summed E-state index contributed by atoms with van der Waals surface area (Å²) in [6, 6.07) is 9.96. The summed E-state index contributed by atoms with van der Waals surface area (Å²) in [5.74, 6) is 0.647. The van der Waals surface area contributed by atoms with Gasteiger partial charge in [-0.25, -0.2) is 0 Å². The fraction of sp³-hybridized carbons (Fsp3) is 0.562.